The minimum absolute atomic E-state index is 0.0159. The van der Waals surface area contributed by atoms with Crippen LogP contribution in [0.5, 0.6) is 5.75 Å². The Hall–Kier alpha value is -2.32. The first kappa shape index (κ1) is 17.0. The molecule has 0 spiro atoms. The maximum absolute atomic E-state index is 12.3. The fraction of sp³-hybridized carbons (Fsp3) is 0.444. The van der Waals surface area contributed by atoms with Gasteiger partial charge in [0, 0.05) is 29.8 Å². The molecule has 5 nitrogen and oxygen atoms in total. The molecule has 122 valence electrons. The van der Waals surface area contributed by atoms with Crippen LogP contribution in [0.2, 0.25) is 0 Å². The van der Waals surface area contributed by atoms with E-state index in [-0.39, 0.29) is 17.1 Å². The average molecular weight is 313 g/mol. The number of carbonyl (C=O) groups is 1. The highest BCUT2D eigenvalue weighted by Gasteiger charge is 2.26. The topological polar surface area (TPSA) is 88.2 Å². The van der Waals surface area contributed by atoms with Gasteiger partial charge in [0.1, 0.15) is 11.8 Å². The SMILES string of the molecule is C[C@@H]1C#CC(=O)C(N)c2ccc(OC=N)cc2NCCC1(C)C. The summed E-state index contributed by atoms with van der Waals surface area (Å²) in [5, 5.41) is 10.4. The predicted molar refractivity (Wildman–Crippen MR) is 91.6 cm³/mol. The zero-order chi connectivity index (χ0) is 17.0. The van der Waals surface area contributed by atoms with Gasteiger partial charge in [-0.15, -0.1) is 0 Å². The number of anilines is 1. The number of hydrogen-bond acceptors (Lipinski definition) is 5. The zero-order valence-electron chi connectivity index (χ0n) is 13.8. The monoisotopic (exact) mass is 313 g/mol. The van der Waals surface area contributed by atoms with Gasteiger partial charge in [0.05, 0.1) is 0 Å². The summed E-state index contributed by atoms with van der Waals surface area (Å²) < 4.78 is 5.09. The molecule has 5 heteroatoms. The van der Waals surface area contributed by atoms with Gasteiger partial charge in [0.2, 0.25) is 5.78 Å². The lowest BCUT2D eigenvalue weighted by Gasteiger charge is -2.28. The Balaban J connectivity index is 2.42. The fourth-order valence-electron chi connectivity index (χ4n) is 2.43. The third-order valence-electron chi connectivity index (χ3n) is 4.51. The fourth-order valence-corrected chi connectivity index (χ4v) is 2.43. The Labute approximate surface area is 137 Å². The Morgan fingerprint density at radius 1 is 1.48 bits per heavy atom. The van der Waals surface area contributed by atoms with Crippen molar-refractivity contribution < 1.29 is 9.53 Å². The van der Waals surface area contributed by atoms with Crippen LogP contribution in [0, 0.1) is 28.6 Å². The molecule has 0 bridgehead atoms. The minimum atomic E-state index is -0.799. The van der Waals surface area contributed by atoms with Gasteiger partial charge in [0.15, 0.2) is 6.40 Å². The molecule has 1 heterocycles. The summed E-state index contributed by atoms with van der Waals surface area (Å²) in [6, 6.07) is 4.40. The second-order valence-corrected chi connectivity index (χ2v) is 6.48. The number of Topliss-reactive ketones (excluding diaryl/α,β-unsaturated/α-hetero) is 1. The summed E-state index contributed by atoms with van der Waals surface area (Å²) in [7, 11) is 0. The second-order valence-electron chi connectivity index (χ2n) is 6.48. The largest absolute Gasteiger partial charge is 0.446 e. The lowest BCUT2D eigenvalue weighted by atomic mass is 9.77. The highest BCUT2D eigenvalue weighted by molar-refractivity contribution is 6.01. The maximum atomic E-state index is 12.3. The molecular weight excluding hydrogens is 290 g/mol. The van der Waals surface area contributed by atoms with E-state index in [1.807, 2.05) is 6.92 Å². The second kappa shape index (κ2) is 6.84. The van der Waals surface area contributed by atoms with Gasteiger partial charge in [-0.3, -0.25) is 10.2 Å². The number of rotatable bonds is 2. The van der Waals surface area contributed by atoms with Crippen LogP contribution in [-0.2, 0) is 4.79 Å². The number of benzene rings is 1. The van der Waals surface area contributed by atoms with E-state index in [1.165, 1.54) is 0 Å². The standard InChI is InChI=1S/C18H23N3O2/c1-12-4-7-16(22)17(20)14-6-5-13(23-11-19)10-15(14)21-9-8-18(12,2)3/h5-6,10-12,17,19,21H,8-9,20H2,1-3H3/t12-,17?/m1/s1. The quantitative estimate of drug-likeness (QED) is 0.339. The molecule has 4 N–H and O–H groups in total. The summed E-state index contributed by atoms with van der Waals surface area (Å²) in [5.74, 6) is 6.09. The van der Waals surface area contributed by atoms with E-state index in [9.17, 15) is 4.79 Å². The summed E-state index contributed by atoms with van der Waals surface area (Å²) in [6.45, 7) is 7.06. The van der Waals surface area contributed by atoms with Crippen LogP contribution < -0.4 is 15.8 Å². The van der Waals surface area contributed by atoms with Crippen LogP contribution in [0.3, 0.4) is 0 Å². The van der Waals surface area contributed by atoms with Crippen molar-refractivity contribution in [3.63, 3.8) is 0 Å². The number of ether oxygens (including phenoxy) is 1. The molecule has 2 atom stereocenters. The number of fused-ring (bicyclic) bond motifs is 1. The Kier molecular flexibility index (Phi) is 5.07. The molecule has 0 amide bonds. The van der Waals surface area contributed by atoms with E-state index in [0.717, 1.165) is 25.1 Å². The molecule has 0 radical (unpaired) electrons. The van der Waals surface area contributed by atoms with Crippen molar-refractivity contribution in [1.29, 1.82) is 5.41 Å². The molecule has 0 aliphatic carbocycles. The predicted octanol–water partition coefficient (Wildman–Crippen LogP) is 2.72. The van der Waals surface area contributed by atoms with Gasteiger partial charge < -0.3 is 15.8 Å². The molecule has 1 unspecified atom stereocenters. The van der Waals surface area contributed by atoms with Crippen molar-refractivity contribution in [2.24, 2.45) is 17.1 Å². The van der Waals surface area contributed by atoms with Crippen LogP contribution >= 0.6 is 0 Å². The van der Waals surface area contributed by atoms with E-state index in [1.54, 1.807) is 18.2 Å². The van der Waals surface area contributed by atoms with Crippen LogP contribution in [0.25, 0.3) is 0 Å². The van der Waals surface area contributed by atoms with Crippen LogP contribution in [0.4, 0.5) is 5.69 Å². The molecule has 0 fully saturated rings. The van der Waals surface area contributed by atoms with Crippen LogP contribution in [0.15, 0.2) is 18.2 Å². The van der Waals surface area contributed by atoms with Crippen molar-refractivity contribution in [2.75, 3.05) is 11.9 Å². The van der Waals surface area contributed by atoms with Gasteiger partial charge in [-0.1, -0.05) is 32.8 Å². The Morgan fingerprint density at radius 2 is 2.22 bits per heavy atom. The van der Waals surface area contributed by atoms with Gasteiger partial charge in [-0.2, -0.15) is 0 Å². The third-order valence-corrected chi connectivity index (χ3v) is 4.51. The molecule has 1 aliphatic rings. The molecule has 1 aromatic carbocycles. The van der Waals surface area contributed by atoms with Gasteiger partial charge in [0.25, 0.3) is 0 Å². The van der Waals surface area contributed by atoms with Crippen molar-refractivity contribution in [1.82, 2.24) is 0 Å². The lowest BCUT2D eigenvalue weighted by molar-refractivity contribution is -0.115. The summed E-state index contributed by atoms with van der Waals surface area (Å²) >= 11 is 0. The summed E-state index contributed by atoms with van der Waals surface area (Å²) in [5.41, 5.74) is 7.51. The highest BCUT2D eigenvalue weighted by Crippen LogP contribution is 2.32. The number of nitrogens with two attached hydrogens (primary N) is 1. The molecule has 1 aromatic rings. The van der Waals surface area contributed by atoms with Crippen molar-refractivity contribution in [3.8, 4) is 17.6 Å². The highest BCUT2D eigenvalue weighted by atomic mass is 16.5. The molecule has 0 saturated carbocycles. The summed E-state index contributed by atoms with van der Waals surface area (Å²) in [4.78, 5) is 12.3. The number of hydrogen-bond donors (Lipinski definition) is 3. The first-order valence-corrected chi connectivity index (χ1v) is 7.69. The number of nitrogens with one attached hydrogen (secondary N) is 2. The first-order valence-electron chi connectivity index (χ1n) is 7.69. The van der Waals surface area contributed by atoms with E-state index < -0.39 is 6.04 Å². The van der Waals surface area contributed by atoms with E-state index in [2.05, 4.69) is 31.0 Å². The molecule has 0 aromatic heterocycles. The molecule has 23 heavy (non-hydrogen) atoms. The normalized spacial score (nSPS) is 23.4. The van der Waals surface area contributed by atoms with Gasteiger partial charge >= 0.3 is 0 Å². The van der Waals surface area contributed by atoms with E-state index in [0.29, 0.717) is 11.3 Å². The Morgan fingerprint density at radius 3 is 2.91 bits per heavy atom. The van der Waals surface area contributed by atoms with Gasteiger partial charge in [-0.05, 0) is 23.8 Å². The van der Waals surface area contributed by atoms with Crippen LogP contribution in [-0.4, -0.2) is 18.7 Å². The van der Waals surface area contributed by atoms with E-state index in [4.69, 9.17) is 15.9 Å². The lowest BCUT2D eigenvalue weighted by Crippen LogP contribution is -2.24. The molecule has 2 rings (SSSR count). The number of carbonyl (C=O) groups excluding carboxylic acids is 1. The Bertz CT molecular complexity index is 671. The molecular formula is C18H23N3O2. The van der Waals surface area contributed by atoms with E-state index >= 15 is 0 Å². The first-order chi connectivity index (χ1) is 10.8. The van der Waals surface area contributed by atoms with Crippen molar-refractivity contribution >= 4 is 17.9 Å². The van der Waals surface area contributed by atoms with Gasteiger partial charge in [-0.25, -0.2) is 0 Å². The maximum Gasteiger partial charge on any atom is 0.226 e. The van der Waals surface area contributed by atoms with Crippen molar-refractivity contribution in [3.05, 3.63) is 23.8 Å². The molecule has 0 saturated heterocycles. The third kappa shape index (κ3) is 3.91. The zero-order valence-corrected chi connectivity index (χ0v) is 13.8. The smallest absolute Gasteiger partial charge is 0.226 e. The average Bonchev–Trinajstić information content (AvgIpc) is 2.52. The number of ketones is 1. The summed E-state index contributed by atoms with van der Waals surface area (Å²) in [6.07, 6.45) is 1.77. The minimum Gasteiger partial charge on any atom is -0.446 e. The van der Waals surface area contributed by atoms with Crippen molar-refractivity contribution in [2.45, 2.75) is 33.2 Å². The molecule has 1 aliphatic heterocycles. The van der Waals surface area contributed by atoms with Crippen LogP contribution in [0.1, 0.15) is 38.8 Å².